The van der Waals surface area contributed by atoms with Gasteiger partial charge in [0.15, 0.2) is 0 Å². The van der Waals surface area contributed by atoms with Crippen molar-refractivity contribution < 1.29 is 0 Å². The van der Waals surface area contributed by atoms with Crippen molar-refractivity contribution in [3.63, 3.8) is 0 Å². The maximum atomic E-state index is 3.67. The Hall–Kier alpha value is -0.0600. The number of anilines is 1. The first-order valence-corrected chi connectivity index (χ1v) is 7.65. The predicted molar refractivity (Wildman–Crippen MR) is 80.7 cm³/mol. The molecule has 1 aliphatic heterocycles. The standard InChI is InChI=1S/C13H18Br2N2/c1-3-11-7-16-9(2)8-17(11)13-5-4-10(14)6-12(13)15/h4-6,9,11,16H,3,7-8H2,1-2H3. The van der Waals surface area contributed by atoms with Gasteiger partial charge in [-0.3, -0.25) is 0 Å². The summed E-state index contributed by atoms with van der Waals surface area (Å²) in [6.07, 6.45) is 1.17. The molecule has 1 N–H and O–H groups in total. The molecule has 0 aromatic heterocycles. The van der Waals surface area contributed by atoms with E-state index >= 15 is 0 Å². The van der Waals surface area contributed by atoms with E-state index < -0.39 is 0 Å². The van der Waals surface area contributed by atoms with Crippen LogP contribution in [0.1, 0.15) is 20.3 Å². The van der Waals surface area contributed by atoms with Crippen LogP contribution in [0.4, 0.5) is 5.69 Å². The zero-order chi connectivity index (χ0) is 12.4. The molecule has 17 heavy (non-hydrogen) atoms. The Labute approximate surface area is 120 Å². The number of halogens is 2. The molecular formula is C13H18Br2N2. The van der Waals surface area contributed by atoms with E-state index in [2.05, 4.69) is 74.1 Å². The highest BCUT2D eigenvalue weighted by Gasteiger charge is 2.25. The van der Waals surface area contributed by atoms with Gasteiger partial charge in [-0.25, -0.2) is 0 Å². The SMILES string of the molecule is CCC1CNC(C)CN1c1ccc(Br)cc1Br. The molecule has 4 heteroatoms. The van der Waals surface area contributed by atoms with Crippen molar-refractivity contribution in [3.05, 3.63) is 27.1 Å². The highest BCUT2D eigenvalue weighted by Crippen LogP contribution is 2.32. The first kappa shape index (κ1) is 13.4. The third-order valence-corrected chi connectivity index (χ3v) is 4.43. The van der Waals surface area contributed by atoms with Gasteiger partial charge in [-0.1, -0.05) is 22.9 Å². The van der Waals surface area contributed by atoms with Crippen LogP contribution in [0.5, 0.6) is 0 Å². The number of hydrogen-bond donors (Lipinski definition) is 1. The quantitative estimate of drug-likeness (QED) is 0.862. The summed E-state index contributed by atoms with van der Waals surface area (Å²) in [5, 5.41) is 3.55. The van der Waals surface area contributed by atoms with E-state index in [-0.39, 0.29) is 0 Å². The average molecular weight is 362 g/mol. The molecule has 1 aromatic rings. The minimum absolute atomic E-state index is 0.549. The number of nitrogens with zero attached hydrogens (tertiary/aromatic N) is 1. The molecule has 2 nitrogen and oxygen atoms in total. The number of benzene rings is 1. The largest absolute Gasteiger partial charge is 0.365 e. The summed E-state index contributed by atoms with van der Waals surface area (Å²) < 4.78 is 2.28. The minimum atomic E-state index is 0.549. The monoisotopic (exact) mass is 360 g/mol. The first-order valence-electron chi connectivity index (χ1n) is 6.07. The van der Waals surface area contributed by atoms with Crippen molar-refractivity contribution >= 4 is 37.5 Å². The van der Waals surface area contributed by atoms with E-state index in [9.17, 15) is 0 Å². The fourth-order valence-corrected chi connectivity index (χ4v) is 3.60. The lowest BCUT2D eigenvalue weighted by atomic mass is 10.1. The Morgan fingerprint density at radius 2 is 2.18 bits per heavy atom. The maximum Gasteiger partial charge on any atom is 0.0514 e. The van der Waals surface area contributed by atoms with Crippen molar-refractivity contribution in [2.45, 2.75) is 32.4 Å². The van der Waals surface area contributed by atoms with E-state index in [1.165, 1.54) is 16.6 Å². The van der Waals surface area contributed by atoms with Crippen LogP contribution >= 0.6 is 31.9 Å². The Morgan fingerprint density at radius 1 is 1.41 bits per heavy atom. The van der Waals surface area contributed by atoms with Gasteiger partial charge in [0, 0.05) is 34.1 Å². The van der Waals surface area contributed by atoms with Crippen LogP contribution in [0, 0.1) is 0 Å². The second-order valence-electron chi connectivity index (χ2n) is 4.62. The predicted octanol–water partition coefficient (Wildman–Crippen LogP) is 3.79. The van der Waals surface area contributed by atoms with Gasteiger partial charge in [0.1, 0.15) is 0 Å². The van der Waals surface area contributed by atoms with E-state index in [0.29, 0.717) is 12.1 Å². The molecule has 1 aliphatic rings. The van der Waals surface area contributed by atoms with Gasteiger partial charge in [-0.2, -0.15) is 0 Å². The average Bonchev–Trinajstić information content (AvgIpc) is 2.29. The van der Waals surface area contributed by atoms with Crippen LogP contribution < -0.4 is 10.2 Å². The van der Waals surface area contributed by atoms with Crippen molar-refractivity contribution in [3.8, 4) is 0 Å². The van der Waals surface area contributed by atoms with Crippen LogP contribution in [0.15, 0.2) is 27.1 Å². The number of nitrogens with one attached hydrogen (secondary N) is 1. The van der Waals surface area contributed by atoms with E-state index in [1.807, 2.05) is 0 Å². The van der Waals surface area contributed by atoms with Crippen LogP contribution in [0.25, 0.3) is 0 Å². The molecule has 0 radical (unpaired) electrons. The van der Waals surface area contributed by atoms with Crippen molar-refractivity contribution in [1.82, 2.24) is 5.32 Å². The number of piperazine rings is 1. The molecule has 94 valence electrons. The lowest BCUT2D eigenvalue weighted by Gasteiger charge is -2.41. The van der Waals surface area contributed by atoms with Crippen molar-refractivity contribution in [2.75, 3.05) is 18.0 Å². The van der Waals surface area contributed by atoms with E-state index in [1.54, 1.807) is 0 Å². The normalized spacial score (nSPS) is 25.1. The third kappa shape index (κ3) is 3.04. The van der Waals surface area contributed by atoms with Gasteiger partial charge in [0.2, 0.25) is 0 Å². The minimum Gasteiger partial charge on any atom is -0.365 e. The summed E-state index contributed by atoms with van der Waals surface area (Å²) in [5.74, 6) is 0. The fraction of sp³-hybridized carbons (Fsp3) is 0.538. The molecule has 0 bridgehead atoms. The molecule has 1 aromatic carbocycles. The molecule has 1 heterocycles. The Bertz CT molecular complexity index is 395. The Morgan fingerprint density at radius 3 is 2.82 bits per heavy atom. The summed E-state index contributed by atoms with van der Waals surface area (Å²) in [6, 6.07) is 7.56. The molecule has 2 atom stereocenters. The Balaban J connectivity index is 2.28. The molecular weight excluding hydrogens is 344 g/mol. The maximum absolute atomic E-state index is 3.67. The Kier molecular flexibility index (Phi) is 4.50. The van der Waals surface area contributed by atoms with E-state index in [4.69, 9.17) is 0 Å². The molecule has 2 rings (SSSR count). The third-order valence-electron chi connectivity index (χ3n) is 3.30. The van der Waals surface area contributed by atoms with Gasteiger partial charge in [0.25, 0.3) is 0 Å². The second-order valence-corrected chi connectivity index (χ2v) is 6.39. The van der Waals surface area contributed by atoms with Crippen molar-refractivity contribution in [1.29, 1.82) is 0 Å². The topological polar surface area (TPSA) is 15.3 Å². The van der Waals surface area contributed by atoms with Crippen LogP contribution in [0.3, 0.4) is 0 Å². The zero-order valence-electron chi connectivity index (χ0n) is 10.2. The van der Waals surface area contributed by atoms with Crippen LogP contribution in [0.2, 0.25) is 0 Å². The molecule has 0 aliphatic carbocycles. The number of hydrogen-bond acceptors (Lipinski definition) is 2. The molecule has 2 unspecified atom stereocenters. The van der Waals surface area contributed by atoms with Gasteiger partial charge >= 0.3 is 0 Å². The summed E-state index contributed by atoms with van der Waals surface area (Å²) >= 11 is 7.17. The van der Waals surface area contributed by atoms with Gasteiger partial charge < -0.3 is 10.2 Å². The van der Waals surface area contributed by atoms with Crippen LogP contribution in [-0.2, 0) is 0 Å². The molecule has 1 fully saturated rings. The molecule has 0 amide bonds. The lowest BCUT2D eigenvalue weighted by Crippen LogP contribution is -2.55. The zero-order valence-corrected chi connectivity index (χ0v) is 13.4. The summed E-state index contributed by atoms with van der Waals surface area (Å²) in [5.41, 5.74) is 1.30. The molecule has 0 spiro atoms. The second kappa shape index (κ2) is 5.72. The van der Waals surface area contributed by atoms with E-state index in [0.717, 1.165) is 17.6 Å². The van der Waals surface area contributed by atoms with Gasteiger partial charge in [0.05, 0.1) is 5.69 Å². The van der Waals surface area contributed by atoms with Gasteiger partial charge in [-0.15, -0.1) is 0 Å². The number of rotatable bonds is 2. The highest BCUT2D eigenvalue weighted by molar-refractivity contribution is 9.11. The fourth-order valence-electron chi connectivity index (χ4n) is 2.33. The smallest absolute Gasteiger partial charge is 0.0514 e. The van der Waals surface area contributed by atoms with Crippen molar-refractivity contribution in [2.24, 2.45) is 0 Å². The van der Waals surface area contributed by atoms with Gasteiger partial charge in [-0.05, 0) is 47.5 Å². The summed E-state index contributed by atoms with van der Waals surface area (Å²) in [7, 11) is 0. The summed E-state index contributed by atoms with van der Waals surface area (Å²) in [6.45, 7) is 6.63. The summed E-state index contributed by atoms with van der Waals surface area (Å²) in [4.78, 5) is 2.51. The molecule has 1 saturated heterocycles. The highest BCUT2D eigenvalue weighted by atomic mass is 79.9. The first-order chi connectivity index (χ1) is 8.11. The lowest BCUT2D eigenvalue weighted by molar-refractivity contribution is 0.402. The van der Waals surface area contributed by atoms with Crippen LogP contribution in [-0.4, -0.2) is 25.2 Å². The molecule has 0 saturated carbocycles.